The Morgan fingerprint density at radius 1 is 1.33 bits per heavy atom. The summed E-state index contributed by atoms with van der Waals surface area (Å²) in [5.41, 5.74) is 2.08. The van der Waals surface area contributed by atoms with Crippen molar-refractivity contribution in [2.45, 2.75) is 19.8 Å². The lowest BCUT2D eigenvalue weighted by Gasteiger charge is -2.15. The minimum Gasteiger partial charge on any atom is -0.492 e. The molecule has 3 rings (SSSR count). The average molecular weight is 327 g/mol. The molecule has 1 fully saturated rings. The van der Waals surface area contributed by atoms with E-state index in [1.165, 1.54) is 4.90 Å². The van der Waals surface area contributed by atoms with Gasteiger partial charge in [-0.2, -0.15) is 5.10 Å². The zero-order chi connectivity index (χ0) is 17.1. The van der Waals surface area contributed by atoms with Crippen molar-refractivity contribution in [2.24, 2.45) is 13.0 Å². The first-order valence-electron chi connectivity index (χ1n) is 8.04. The lowest BCUT2D eigenvalue weighted by molar-refractivity contribution is -0.139. The number of likely N-dealkylation sites (tertiary alicyclic amines) is 1. The van der Waals surface area contributed by atoms with Crippen LogP contribution >= 0.6 is 0 Å². The van der Waals surface area contributed by atoms with Gasteiger partial charge in [0.15, 0.2) is 0 Å². The molecule has 0 radical (unpaired) electrons. The lowest BCUT2D eigenvalue weighted by Crippen LogP contribution is -2.34. The summed E-state index contributed by atoms with van der Waals surface area (Å²) in [6, 6.07) is 7.70. The third-order valence-electron chi connectivity index (χ3n) is 4.15. The Morgan fingerprint density at radius 2 is 2.17 bits per heavy atom. The van der Waals surface area contributed by atoms with E-state index in [1.807, 2.05) is 44.4 Å². The van der Waals surface area contributed by atoms with Gasteiger partial charge in [-0.1, -0.05) is 12.1 Å². The van der Waals surface area contributed by atoms with Crippen molar-refractivity contribution < 1.29 is 14.3 Å². The van der Waals surface area contributed by atoms with Crippen LogP contribution in [0.15, 0.2) is 36.7 Å². The highest BCUT2D eigenvalue weighted by Gasteiger charge is 2.38. The van der Waals surface area contributed by atoms with E-state index in [1.54, 1.807) is 10.9 Å². The Morgan fingerprint density at radius 3 is 2.88 bits per heavy atom. The molecule has 1 aromatic carbocycles. The van der Waals surface area contributed by atoms with Crippen molar-refractivity contribution >= 4 is 11.8 Å². The van der Waals surface area contributed by atoms with Gasteiger partial charge in [0.1, 0.15) is 12.4 Å². The van der Waals surface area contributed by atoms with Crippen molar-refractivity contribution in [3.63, 3.8) is 0 Å². The lowest BCUT2D eigenvalue weighted by atomic mass is 10.0. The molecule has 1 aliphatic rings. The maximum Gasteiger partial charge on any atom is 0.233 e. The fourth-order valence-corrected chi connectivity index (χ4v) is 2.97. The molecule has 1 saturated heterocycles. The number of carbonyl (C=O) groups is 2. The molecule has 1 aromatic heterocycles. The van der Waals surface area contributed by atoms with E-state index < -0.39 is 0 Å². The Hall–Kier alpha value is -2.63. The summed E-state index contributed by atoms with van der Waals surface area (Å²) in [7, 11) is 1.83. The van der Waals surface area contributed by atoms with Gasteiger partial charge in [-0.05, 0) is 36.6 Å². The zero-order valence-corrected chi connectivity index (χ0v) is 13.9. The predicted octanol–water partition coefficient (Wildman–Crippen LogP) is 1.73. The minimum absolute atomic E-state index is 0.114. The third-order valence-corrected chi connectivity index (χ3v) is 4.15. The molecule has 0 saturated carbocycles. The summed E-state index contributed by atoms with van der Waals surface area (Å²) in [4.78, 5) is 25.9. The van der Waals surface area contributed by atoms with Crippen LogP contribution in [0.3, 0.4) is 0 Å². The molecule has 0 bridgehead atoms. The van der Waals surface area contributed by atoms with Crippen LogP contribution in [0.25, 0.3) is 0 Å². The average Bonchev–Trinajstić information content (AvgIpc) is 3.05. The number of hydrogen-bond acceptors (Lipinski definition) is 4. The van der Waals surface area contributed by atoms with E-state index in [9.17, 15) is 9.59 Å². The van der Waals surface area contributed by atoms with Gasteiger partial charge in [0.05, 0.1) is 18.7 Å². The molecule has 0 aliphatic carbocycles. The molecule has 0 N–H and O–H groups in total. The fraction of sp³-hybridized carbons (Fsp3) is 0.389. The predicted molar refractivity (Wildman–Crippen MR) is 88.4 cm³/mol. The number of nitrogens with zero attached hydrogens (tertiary/aromatic N) is 3. The van der Waals surface area contributed by atoms with E-state index >= 15 is 0 Å². The number of imide groups is 1. The first-order valence-corrected chi connectivity index (χ1v) is 8.04. The molecule has 1 unspecified atom stereocenters. The highest BCUT2D eigenvalue weighted by molar-refractivity contribution is 6.03. The van der Waals surface area contributed by atoms with Gasteiger partial charge in [0, 0.05) is 19.7 Å². The van der Waals surface area contributed by atoms with E-state index in [-0.39, 0.29) is 30.7 Å². The van der Waals surface area contributed by atoms with Crippen LogP contribution in [0.5, 0.6) is 5.75 Å². The molecule has 2 heterocycles. The number of benzene rings is 1. The van der Waals surface area contributed by atoms with Crippen LogP contribution < -0.4 is 4.74 Å². The Labute approximate surface area is 141 Å². The van der Waals surface area contributed by atoms with Crippen molar-refractivity contribution in [3.05, 3.63) is 47.8 Å². The smallest absolute Gasteiger partial charge is 0.233 e. The molecule has 0 spiro atoms. The second kappa shape index (κ2) is 6.86. The Bertz CT molecular complexity index is 753. The van der Waals surface area contributed by atoms with E-state index in [4.69, 9.17) is 4.74 Å². The highest BCUT2D eigenvalue weighted by atomic mass is 16.5. The second-order valence-electron chi connectivity index (χ2n) is 6.18. The molecule has 24 heavy (non-hydrogen) atoms. The van der Waals surface area contributed by atoms with E-state index in [0.29, 0.717) is 13.0 Å². The SMILES string of the molecule is Cc1cccc(OCCN2C(=O)CC(Cc3cnn(C)c3)C2=O)c1. The summed E-state index contributed by atoms with van der Waals surface area (Å²) in [6.07, 6.45) is 4.42. The van der Waals surface area contributed by atoms with Crippen molar-refractivity contribution in [1.29, 1.82) is 0 Å². The maximum absolute atomic E-state index is 12.4. The monoisotopic (exact) mass is 327 g/mol. The van der Waals surface area contributed by atoms with Crippen molar-refractivity contribution in [2.75, 3.05) is 13.2 Å². The fourth-order valence-electron chi connectivity index (χ4n) is 2.97. The topological polar surface area (TPSA) is 64.4 Å². The molecule has 6 nitrogen and oxygen atoms in total. The second-order valence-corrected chi connectivity index (χ2v) is 6.18. The van der Waals surface area contributed by atoms with Gasteiger partial charge < -0.3 is 4.74 Å². The van der Waals surface area contributed by atoms with Gasteiger partial charge >= 0.3 is 0 Å². The van der Waals surface area contributed by atoms with Crippen molar-refractivity contribution in [1.82, 2.24) is 14.7 Å². The molecular formula is C18H21N3O3. The number of aromatic nitrogens is 2. The molecule has 126 valence electrons. The number of ether oxygens (including phenoxy) is 1. The number of amides is 2. The number of aryl methyl sites for hydroxylation is 2. The summed E-state index contributed by atoms with van der Waals surface area (Å²) in [6.45, 7) is 2.58. The van der Waals surface area contributed by atoms with E-state index in [0.717, 1.165) is 16.9 Å². The number of carbonyl (C=O) groups excluding carboxylic acids is 2. The molecular weight excluding hydrogens is 306 g/mol. The largest absolute Gasteiger partial charge is 0.492 e. The summed E-state index contributed by atoms with van der Waals surface area (Å²) in [5, 5.41) is 4.10. The minimum atomic E-state index is -0.291. The van der Waals surface area contributed by atoms with Crippen LogP contribution in [0.2, 0.25) is 0 Å². The third kappa shape index (κ3) is 3.64. The van der Waals surface area contributed by atoms with Crippen LogP contribution in [-0.2, 0) is 23.1 Å². The molecule has 2 amide bonds. The summed E-state index contributed by atoms with van der Waals surface area (Å²) >= 11 is 0. The van der Waals surface area contributed by atoms with Crippen molar-refractivity contribution in [3.8, 4) is 5.75 Å². The zero-order valence-electron chi connectivity index (χ0n) is 13.9. The molecule has 1 aliphatic heterocycles. The van der Waals surface area contributed by atoms with Crippen LogP contribution in [0.4, 0.5) is 0 Å². The van der Waals surface area contributed by atoms with Crippen LogP contribution in [-0.4, -0.2) is 39.6 Å². The van der Waals surface area contributed by atoms with E-state index in [2.05, 4.69) is 5.10 Å². The Balaban J connectivity index is 1.54. The normalized spacial score (nSPS) is 17.6. The van der Waals surface area contributed by atoms with Crippen LogP contribution in [0.1, 0.15) is 17.5 Å². The molecule has 1 atom stereocenters. The number of rotatable bonds is 6. The summed E-state index contributed by atoms with van der Waals surface area (Å²) < 4.78 is 7.34. The highest BCUT2D eigenvalue weighted by Crippen LogP contribution is 2.23. The first-order chi connectivity index (χ1) is 11.5. The van der Waals surface area contributed by atoms with Gasteiger partial charge in [-0.3, -0.25) is 19.2 Å². The maximum atomic E-state index is 12.4. The van der Waals surface area contributed by atoms with Crippen LogP contribution in [0, 0.1) is 12.8 Å². The van der Waals surface area contributed by atoms with Gasteiger partial charge in [0.2, 0.25) is 11.8 Å². The van der Waals surface area contributed by atoms with Gasteiger partial charge in [-0.25, -0.2) is 0 Å². The quantitative estimate of drug-likeness (QED) is 0.758. The van der Waals surface area contributed by atoms with Gasteiger partial charge in [0.25, 0.3) is 0 Å². The summed E-state index contributed by atoms with van der Waals surface area (Å²) in [5.74, 6) is 0.222. The van der Waals surface area contributed by atoms with Gasteiger partial charge in [-0.15, -0.1) is 0 Å². The molecule has 2 aromatic rings. The first kappa shape index (κ1) is 16.2. The Kier molecular flexibility index (Phi) is 4.64. The standard InChI is InChI=1S/C18H21N3O3/c1-13-4-3-5-16(8-13)24-7-6-21-17(22)10-15(18(21)23)9-14-11-19-20(2)12-14/h3-5,8,11-12,15H,6-7,9-10H2,1-2H3. The number of hydrogen-bond donors (Lipinski definition) is 0. The molecule has 6 heteroatoms.